The molecule has 0 aliphatic carbocycles. The molecule has 6 heteroatoms. The first-order valence-corrected chi connectivity index (χ1v) is 6.72. The number of piperidine rings is 1. The van der Waals surface area contributed by atoms with Crippen molar-refractivity contribution in [2.24, 2.45) is 0 Å². The van der Waals surface area contributed by atoms with Gasteiger partial charge in [0.25, 0.3) is 5.56 Å². The Morgan fingerprint density at radius 3 is 2.45 bits per heavy atom. The van der Waals surface area contributed by atoms with Gasteiger partial charge in [0.2, 0.25) is 5.91 Å². The van der Waals surface area contributed by atoms with Crippen LogP contribution in [0.1, 0.15) is 35.3 Å². The number of aromatic nitrogens is 1. The number of nitrogens with zero attached hydrogens (tertiary/aromatic N) is 2. The first-order valence-electron chi connectivity index (χ1n) is 6.72. The van der Waals surface area contributed by atoms with Crippen LogP contribution in [0.15, 0.2) is 16.9 Å². The summed E-state index contributed by atoms with van der Waals surface area (Å²) in [4.78, 5) is 36.9. The van der Waals surface area contributed by atoms with Gasteiger partial charge in [-0.05, 0) is 38.3 Å². The summed E-state index contributed by atoms with van der Waals surface area (Å²) < 4.78 is 1.24. The fourth-order valence-corrected chi connectivity index (χ4v) is 2.41. The lowest BCUT2D eigenvalue weighted by atomic mass is 10.1. The molecule has 108 valence electrons. The van der Waals surface area contributed by atoms with Crippen molar-refractivity contribution >= 4 is 11.9 Å². The van der Waals surface area contributed by atoms with Gasteiger partial charge in [-0.2, -0.15) is 0 Å². The molecule has 6 nitrogen and oxygen atoms in total. The first kappa shape index (κ1) is 14.3. The van der Waals surface area contributed by atoms with Crippen molar-refractivity contribution in [1.29, 1.82) is 0 Å². The van der Waals surface area contributed by atoms with Crippen molar-refractivity contribution in [2.75, 3.05) is 13.1 Å². The Morgan fingerprint density at radius 1 is 1.20 bits per heavy atom. The second-order valence-electron chi connectivity index (χ2n) is 5.03. The van der Waals surface area contributed by atoms with E-state index in [4.69, 9.17) is 5.11 Å². The average molecular weight is 278 g/mol. The predicted octanol–water partition coefficient (Wildman–Crippen LogP) is 0.867. The number of rotatable bonds is 3. The van der Waals surface area contributed by atoms with Gasteiger partial charge in [0.15, 0.2) is 0 Å². The van der Waals surface area contributed by atoms with Crippen molar-refractivity contribution < 1.29 is 14.7 Å². The van der Waals surface area contributed by atoms with Gasteiger partial charge in [-0.3, -0.25) is 9.59 Å². The monoisotopic (exact) mass is 278 g/mol. The highest BCUT2D eigenvalue weighted by atomic mass is 16.4. The largest absolute Gasteiger partial charge is 0.477 e. The Labute approximate surface area is 116 Å². The lowest BCUT2D eigenvalue weighted by Gasteiger charge is -2.27. The van der Waals surface area contributed by atoms with E-state index in [2.05, 4.69) is 0 Å². The van der Waals surface area contributed by atoms with E-state index in [0.29, 0.717) is 18.8 Å². The van der Waals surface area contributed by atoms with Crippen LogP contribution < -0.4 is 5.56 Å². The van der Waals surface area contributed by atoms with Gasteiger partial charge >= 0.3 is 5.97 Å². The molecular formula is C14H18N2O4. The second kappa shape index (κ2) is 5.90. The molecule has 2 rings (SSSR count). The van der Waals surface area contributed by atoms with Crippen molar-refractivity contribution in [1.82, 2.24) is 9.47 Å². The number of likely N-dealkylation sites (tertiary alicyclic amines) is 1. The maximum atomic E-state index is 12.2. The molecule has 2 heterocycles. The lowest BCUT2D eigenvalue weighted by Crippen LogP contribution is -2.40. The van der Waals surface area contributed by atoms with Crippen LogP contribution >= 0.6 is 0 Å². The minimum Gasteiger partial charge on any atom is -0.477 e. The van der Waals surface area contributed by atoms with Gasteiger partial charge in [-0.15, -0.1) is 0 Å². The van der Waals surface area contributed by atoms with Gasteiger partial charge < -0.3 is 14.6 Å². The number of aromatic carboxylic acids is 1. The maximum absolute atomic E-state index is 12.2. The van der Waals surface area contributed by atoms with Crippen LogP contribution in [-0.4, -0.2) is 39.5 Å². The molecule has 1 fully saturated rings. The third-order valence-corrected chi connectivity index (χ3v) is 3.63. The summed E-state index contributed by atoms with van der Waals surface area (Å²) in [5.74, 6) is -1.40. The molecule has 0 radical (unpaired) electrons. The molecule has 1 aliphatic heterocycles. The summed E-state index contributed by atoms with van der Waals surface area (Å²) in [5.41, 5.74) is -0.338. The Kier molecular flexibility index (Phi) is 4.22. The van der Waals surface area contributed by atoms with E-state index in [0.717, 1.165) is 19.3 Å². The van der Waals surface area contributed by atoms with Gasteiger partial charge in [0.05, 0.1) is 0 Å². The SMILES string of the molecule is Cc1ccc(C(=O)O)c(=O)n1CC(=O)N1CCCCC1. The zero-order valence-electron chi connectivity index (χ0n) is 11.5. The number of amides is 1. The molecule has 1 saturated heterocycles. The number of hydrogen-bond donors (Lipinski definition) is 1. The number of carbonyl (C=O) groups excluding carboxylic acids is 1. The summed E-state index contributed by atoms with van der Waals surface area (Å²) in [5, 5.41) is 8.96. The first-order chi connectivity index (χ1) is 9.50. The molecule has 0 atom stereocenters. The van der Waals surface area contributed by atoms with E-state index >= 15 is 0 Å². The van der Waals surface area contributed by atoms with Crippen LogP contribution in [0.5, 0.6) is 0 Å². The van der Waals surface area contributed by atoms with E-state index in [9.17, 15) is 14.4 Å². The third-order valence-electron chi connectivity index (χ3n) is 3.63. The van der Waals surface area contributed by atoms with E-state index < -0.39 is 11.5 Å². The number of aryl methyl sites for hydroxylation is 1. The molecular weight excluding hydrogens is 260 g/mol. The number of pyridine rings is 1. The zero-order chi connectivity index (χ0) is 14.7. The zero-order valence-corrected chi connectivity index (χ0v) is 11.5. The number of hydrogen-bond acceptors (Lipinski definition) is 3. The second-order valence-corrected chi connectivity index (χ2v) is 5.03. The summed E-state index contributed by atoms with van der Waals surface area (Å²) >= 11 is 0. The fraction of sp³-hybridized carbons (Fsp3) is 0.500. The van der Waals surface area contributed by atoms with E-state index in [1.54, 1.807) is 17.9 Å². The normalized spacial score (nSPS) is 15.2. The molecule has 0 aromatic carbocycles. The Morgan fingerprint density at radius 2 is 1.85 bits per heavy atom. The van der Waals surface area contributed by atoms with Gasteiger partial charge in [-0.25, -0.2) is 4.79 Å². The highest BCUT2D eigenvalue weighted by Crippen LogP contribution is 2.09. The van der Waals surface area contributed by atoms with E-state index in [-0.39, 0.29) is 18.0 Å². The predicted molar refractivity (Wildman–Crippen MR) is 72.8 cm³/mol. The van der Waals surface area contributed by atoms with Crippen LogP contribution in [0.25, 0.3) is 0 Å². The molecule has 0 unspecified atom stereocenters. The van der Waals surface area contributed by atoms with Gasteiger partial charge in [0, 0.05) is 18.8 Å². The van der Waals surface area contributed by atoms with Gasteiger partial charge in [-0.1, -0.05) is 0 Å². The summed E-state index contributed by atoms with van der Waals surface area (Å²) in [7, 11) is 0. The molecule has 0 saturated carbocycles. The van der Waals surface area contributed by atoms with Crippen molar-refractivity contribution in [3.63, 3.8) is 0 Å². The van der Waals surface area contributed by atoms with Crippen LogP contribution in [-0.2, 0) is 11.3 Å². The molecule has 1 amide bonds. The fourth-order valence-electron chi connectivity index (χ4n) is 2.41. The maximum Gasteiger partial charge on any atom is 0.341 e. The molecule has 0 spiro atoms. The lowest BCUT2D eigenvalue weighted by molar-refractivity contribution is -0.132. The van der Waals surface area contributed by atoms with Crippen LogP contribution in [0.4, 0.5) is 0 Å². The Bertz CT molecular complexity index is 585. The molecule has 20 heavy (non-hydrogen) atoms. The molecule has 0 bridgehead atoms. The van der Waals surface area contributed by atoms with Crippen molar-refractivity contribution in [3.05, 3.63) is 33.7 Å². The third kappa shape index (κ3) is 2.89. The highest BCUT2D eigenvalue weighted by molar-refractivity contribution is 5.87. The quantitative estimate of drug-likeness (QED) is 0.889. The summed E-state index contributed by atoms with van der Waals surface area (Å²) in [6.45, 7) is 3.03. The van der Waals surface area contributed by atoms with Crippen molar-refractivity contribution in [2.45, 2.75) is 32.7 Å². The van der Waals surface area contributed by atoms with Crippen LogP contribution in [0.2, 0.25) is 0 Å². The minimum absolute atomic E-state index is 0.0915. The standard InChI is InChI=1S/C14H18N2O4/c1-10-5-6-11(14(19)20)13(18)16(10)9-12(17)15-7-3-2-4-8-15/h5-6H,2-4,7-9H2,1H3,(H,19,20). The summed E-state index contributed by atoms with van der Waals surface area (Å²) in [6.07, 6.45) is 3.08. The van der Waals surface area contributed by atoms with Crippen molar-refractivity contribution in [3.8, 4) is 0 Å². The minimum atomic E-state index is -1.27. The summed E-state index contributed by atoms with van der Waals surface area (Å²) in [6, 6.07) is 2.83. The van der Waals surface area contributed by atoms with Gasteiger partial charge in [0.1, 0.15) is 12.1 Å². The average Bonchev–Trinajstić information content (AvgIpc) is 2.43. The van der Waals surface area contributed by atoms with E-state index in [1.165, 1.54) is 10.6 Å². The Balaban J connectivity index is 2.24. The van der Waals surface area contributed by atoms with E-state index in [1.807, 2.05) is 0 Å². The number of carbonyl (C=O) groups is 2. The smallest absolute Gasteiger partial charge is 0.341 e. The molecule has 1 aromatic rings. The van der Waals surface area contributed by atoms with Crippen LogP contribution in [0, 0.1) is 6.92 Å². The van der Waals surface area contributed by atoms with Crippen LogP contribution in [0.3, 0.4) is 0 Å². The Hall–Kier alpha value is -2.11. The topological polar surface area (TPSA) is 79.6 Å². The molecule has 1 aliphatic rings. The highest BCUT2D eigenvalue weighted by Gasteiger charge is 2.19. The number of carboxylic acids is 1. The molecule has 1 aromatic heterocycles. The molecule has 1 N–H and O–H groups in total. The number of carboxylic acid groups (broad SMARTS) is 1.